The van der Waals surface area contributed by atoms with Gasteiger partial charge in [-0.15, -0.1) is 0 Å². The Hall–Kier alpha value is -1.86. The summed E-state index contributed by atoms with van der Waals surface area (Å²) in [5.41, 5.74) is 0.0329. The van der Waals surface area contributed by atoms with Crippen LogP contribution in [0, 0.1) is 6.92 Å². The van der Waals surface area contributed by atoms with Crippen LogP contribution < -0.4 is 4.90 Å². The van der Waals surface area contributed by atoms with Crippen LogP contribution in [0.25, 0.3) is 0 Å². The number of aryl methyl sites for hydroxylation is 1. The molecule has 104 valence electrons. The third-order valence-corrected chi connectivity index (χ3v) is 2.66. The van der Waals surface area contributed by atoms with Gasteiger partial charge in [-0.3, -0.25) is 0 Å². The lowest BCUT2D eigenvalue weighted by Gasteiger charge is -2.24. The molecular weight excluding hydrogens is 263 g/mol. The predicted octanol–water partition coefficient (Wildman–Crippen LogP) is 2.01. The molecule has 0 aliphatic heterocycles. The van der Waals surface area contributed by atoms with E-state index in [1.807, 2.05) is 0 Å². The van der Waals surface area contributed by atoms with Crippen molar-refractivity contribution in [3.8, 4) is 0 Å². The lowest BCUT2D eigenvalue weighted by atomic mass is 10.3. The minimum Gasteiger partial charge on any atom is -0.477 e. The fraction of sp³-hybridized carbons (Fsp3) is 0.545. The molecule has 1 aromatic heterocycles. The number of aromatic carboxylic acids is 1. The quantitative estimate of drug-likeness (QED) is 0.910. The molecule has 1 N–H and O–H groups in total. The molecule has 0 saturated heterocycles. The molecular formula is C11H12F3N3O2. The minimum atomic E-state index is -4.38. The third kappa shape index (κ3) is 3.55. The molecule has 1 aromatic rings. The van der Waals surface area contributed by atoms with Crippen LogP contribution in [0.3, 0.4) is 0 Å². The van der Waals surface area contributed by atoms with Crippen molar-refractivity contribution in [1.82, 2.24) is 9.97 Å². The number of hydrogen-bond acceptors (Lipinski definition) is 4. The van der Waals surface area contributed by atoms with E-state index in [-0.39, 0.29) is 17.7 Å². The zero-order valence-corrected chi connectivity index (χ0v) is 10.1. The van der Waals surface area contributed by atoms with Gasteiger partial charge >= 0.3 is 12.1 Å². The van der Waals surface area contributed by atoms with E-state index >= 15 is 0 Å². The summed E-state index contributed by atoms with van der Waals surface area (Å²) in [7, 11) is 0. The Kier molecular flexibility index (Phi) is 3.34. The van der Waals surface area contributed by atoms with Crippen molar-refractivity contribution in [3.63, 3.8) is 0 Å². The van der Waals surface area contributed by atoms with E-state index in [9.17, 15) is 18.0 Å². The van der Waals surface area contributed by atoms with Crippen LogP contribution in [0.1, 0.15) is 29.0 Å². The summed E-state index contributed by atoms with van der Waals surface area (Å²) >= 11 is 0. The lowest BCUT2D eigenvalue weighted by molar-refractivity contribution is -0.120. The number of aromatic nitrogens is 2. The summed E-state index contributed by atoms with van der Waals surface area (Å²) in [4.78, 5) is 19.5. The Balaban J connectivity index is 2.33. The first-order chi connectivity index (χ1) is 8.76. The van der Waals surface area contributed by atoms with Gasteiger partial charge in [0, 0.05) is 11.7 Å². The molecule has 0 bridgehead atoms. The summed E-state index contributed by atoms with van der Waals surface area (Å²) in [6.45, 7) is 0.358. The fourth-order valence-corrected chi connectivity index (χ4v) is 1.73. The van der Waals surface area contributed by atoms with Crippen LogP contribution in [0.4, 0.5) is 19.1 Å². The Morgan fingerprint density at radius 2 is 2.11 bits per heavy atom. The number of carboxylic acids is 1. The number of alkyl halides is 3. The van der Waals surface area contributed by atoms with Gasteiger partial charge in [0.15, 0.2) is 5.69 Å². The third-order valence-electron chi connectivity index (χ3n) is 2.66. The maximum atomic E-state index is 12.5. The second-order valence-electron chi connectivity index (χ2n) is 4.47. The average molecular weight is 275 g/mol. The molecule has 1 aliphatic carbocycles. The first-order valence-corrected chi connectivity index (χ1v) is 5.68. The molecule has 19 heavy (non-hydrogen) atoms. The van der Waals surface area contributed by atoms with Gasteiger partial charge < -0.3 is 10.0 Å². The first kappa shape index (κ1) is 13.6. The van der Waals surface area contributed by atoms with Crippen molar-refractivity contribution in [2.45, 2.75) is 32.0 Å². The van der Waals surface area contributed by atoms with Crippen molar-refractivity contribution in [2.24, 2.45) is 0 Å². The van der Waals surface area contributed by atoms with Gasteiger partial charge in [0.05, 0.1) is 0 Å². The maximum Gasteiger partial charge on any atom is 0.406 e. The molecule has 1 heterocycles. The molecule has 8 heteroatoms. The highest BCUT2D eigenvalue weighted by Gasteiger charge is 2.39. The van der Waals surface area contributed by atoms with Crippen LogP contribution in [0.15, 0.2) is 6.07 Å². The molecule has 0 unspecified atom stereocenters. The molecule has 0 amide bonds. The zero-order valence-electron chi connectivity index (χ0n) is 10.1. The number of rotatable bonds is 4. The molecule has 5 nitrogen and oxygen atoms in total. The number of nitrogens with zero attached hydrogens (tertiary/aromatic N) is 3. The number of hydrogen-bond donors (Lipinski definition) is 1. The largest absolute Gasteiger partial charge is 0.477 e. The van der Waals surface area contributed by atoms with Crippen LogP contribution in [-0.4, -0.2) is 39.8 Å². The van der Waals surface area contributed by atoms with Crippen LogP contribution in [0.2, 0.25) is 0 Å². The van der Waals surface area contributed by atoms with Crippen LogP contribution in [-0.2, 0) is 0 Å². The van der Waals surface area contributed by atoms with Gasteiger partial charge in [0.25, 0.3) is 0 Å². The van der Waals surface area contributed by atoms with E-state index in [1.165, 1.54) is 13.0 Å². The highest BCUT2D eigenvalue weighted by Crippen LogP contribution is 2.32. The summed E-state index contributed by atoms with van der Waals surface area (Å²) < 4.78 is 37.6. The number of carbonyl (C=O) groups is 1. The summed E-state index contributed by atoms with van der Waals surface area (Å²) in [5.74, 6) is -1.45. The van der Waals surface area contributed by atoms with Crippen molar-refractivity contribution in [1.29, 1.82) is 0 Å². The Bertz CT molecular complexity index is 500. The molecule has 1 fully saturated rings. The molecule has 1 saturated carbocycles. The standard InChI is InChI=1S/C11H12F3N3O2/c1-6-4-8(9(18)19)16-10(15-6)17(7-2-3-7)5-11(12,13)14/h4,7H,2-3,5H2,1H3,(H,18,19). The van der Waals surface area contributed by atoms with Gasteiger partial charge in [-0.2, -0.15) is 13.2 Å². The van der Waals surface area contributed by atoms with Gasteiger partial charge in [-0.25, -0.2) is 14.8 Å². The highest BCUT2D eigenvalue weighted by molar-refractivity contribution is 5.85. The minimum absolute atomic E-state index is 0.169. The monoisotopic (exact) mass is 275 g/mol. The second-order valence-corrected chi connectivity index (χ2v) is 4.47. The fourth-order valence-electron chi connectivity index (χ4n) is 1.73. The highest BCUT2D eigenvalue weighted by atomic mass is 19.4. The van der Waals surface area contributed by atoms with E-state index < -0.39 is 18.7 Å². The normalized spacial score (nSPS) is 15.4. The van der Waals surface area contributed by atoms with E-state index in [2.05, 4.69) is 9.97 Å². The molecule has 0 aromatic carbocycles. The van der Waals surface area contributed by atoms with Crippen LogP contribution in [0.5, 0.6) is 0 Å². The number of halogens is 3. The Labute approximate surface area is 107 Å². The summed E-state index contributed by atoms with van der Waals surface area (Å²) in [6, 6.07) is 0.967. The summed E-state index contributed by atoms with van der Waals surface area (Å²) in [6.07, 6.45) is -3.11. The van der Waals surface area contributed by atoms with Gasteiger partial charge in [-0.1, -0.05) is 0 Å². The SMILES string of the molecule is Cc1cc(C(=O)O)nc(N(CC(F)(F)F)C2CC2)n1. The lowest BCUT2D eigenvalue weighted by Crippen LogP contribution is -2.37. The van der Waals surface area contributed by atoms with Crippen molar-refractivity contribution in [2.75, 3.05) is 11.4 Å². The van der Waals surface area contributed by atoms with Crippen LogP contribution >= 0.6 is 0 Å². The average Bonchev–Trinajstić information content (AvgIpc) is 3.07. The number of carboxylic acid groups (broad SMARTS) is 1. The van der Waals surface area contributed by atoms with E-state index in [1.54, 1.807) is 0 Å². The molecule has 2 rings (SSSR count). The van der Waals surface area contributed by atoms with Gasteiger partial charge in [-0.05, 0) is 25.8 Å². The first-order valence-electron chi connectivity index (χ1n) is 5.68. The molecule has 0 radical (unpaired) electrons. The van der Waals surface area contributed by atoms with Crippen molar-refractivity contribution in [3.05, 3.63) is 17.5 Å². The van der Waals surface area contributed by atoms with E-state index in [4.69, 9.17) is 5.11 Å². The van der Waals surface area contributed by atoms with Crippen molar-refractivity contribution < 1.29 is 23.1 Å². The topological polar surface area (TPSA) is 66.3 Å². The molecule has 0 spiro atoms. The summed E-state index contributed by atoms with van der Waals surface area (Å²) in [5, 5.41) is 8.87. The zero-order chi connectivity index (χ0) is 14.2. The van der Waals surface area contributed by atoms with E-state index in [0.717, 1.165) is 4.90 Å². The second kappa shape index (κ2) is 4.67. The Morgan fingerprint density at radius 1 is 1.47 bits per heavy atom. The van der Waals surface area contributed by atoms with Crippen molar-refractivity contribution >= 4 is 11.9 Å². The Morgan fingerprint density at radius 3 is 2.58 bits per heavy atom. The van der Waals surface area contributed by atoms with Gasteiger partial charge in [0.2, 0.25) is 5.95 Å². The maximum absolute atomic E-state index is 12.5. The predicted molar refractivity (Wildman–Crippen MR) is 60.2 cm³/mol. The molecule has 0 atom stereocenters. The number of anilines is 1. The van der Waals surface area contributed by atoms with Gasteiger partial charge in [0.1, 0.15) is 6.54 Å². The van der Waals surface area contributed by atoms with E-state index in [0.29, 0.717) is 18.5 Å². The molecule has 1 aliphatic rings. The smallest absolute Gasteiger partial charge is 0.406 e.